The number of aliphatic hydroxyl groups is 1. The Balaban J connectivity index is 2.74. The number of benzene rings is 1. The number of hydrogen-bond acceptors (Lipinski definition) is 3. The molecule has 0 spiro atoms. The van der Waals surface area contributed by atoms with Crippen LogP contribution in [0.25, 0.3) is 0 Å². The molecule has 0 fully saturated rings. The second kappa shape index (κ2) is 9.34. The Morgan fingerprint density at radius 3 is 2.52 bits per heavy atom. The Bertz CT molecular complexity index is 448. The fourth-order valence-corrected chi connectivity index (χ4v) is 3.72. The summed E-state index contributed by atoms with van der Waals surface area (Å²) in [4.78, 5) is 2.96. The number of hydrogen-bond donors (Lipinski definition) is 1. The minimum atomic E-state index is -1.14. The topological polar surface area (TPSA) is 40.5 Å². The Morgan fingerprint density at radius 2 is 1.90 bits per heavy atom. The van der Waals surface area contributed by atoms with Crippen molar-refractivity contribution in [2.75, 3.05) is 19.8 Å². The third kappa shape index (κ3) is 5.89. The molecule has 21 heavy (non-hydrogen) atoms. The largest absolute Gasteiger partial charge is 0.392 e. The molecule has 0 aliphatic carbocycles. The van der Waals surface area contributed by atoms with Gasteiger partial charge in [-0.3, -0.25) is 4.21 Å². The summed E-state index contributed by atoms with van der Waals surface area (Å²) in [5.41, 5.74) is 1.08. The normalized spacial score (nSPS) is 15.9. The summed E-state index contributed by atoms with van der Waals surface area (Å²) < 4.78 is 12.6. The molecule has 0 aromatic heterocycles. The molecule has 3 nitrogen and oxygen atoms in total. The van der Waals surface area contributed by atoms with Crippen molar-refractivity contribution < 1.29 is 9.32 Å². The molecule has 1 N–H and O–H groups in total. The van der Waals surface area contributed by atoms with E-state index in [1.54, 1.807) is 0 Å². The summed E-state index contributed by atoms with van der Waals surface area (Å²) in [6, 6.07) is 8.06. The summed E-state index contributed by atoms with van der Waals surface area (Å²) in [6.45, 7) is 4.25. The van der Waals surface area contributed by atoms with Crippen LogP contribution in [0.3, 0.4) is 0 Å². The van der Waals surface area contributed by atoms with Gasteiger partial charge in [-0.15, -0.1) is 0 Å². The van der Waals surface area contributed by atoms with Crippen molar-refractivity contribution in [3.05, 3.63) is 29.8 Å². The van der Waals surface area contributed by atoms with E-state index in [1.165, 1.54) is 0 Å². The monoisotopic (exact) mass is 311 g/mol. The standard InChI is InChI=1S/C17H29NO2S/c1-5-6-7-10-15(19)13-21(20)17-12-9-8-11-16(17)14(2)18(3)4/h8-9,11-12,14-15,19H,5-7,10,13H2,1-4H3/t14-,15-,21+/m1/s1. The Labute approximate surface area is 131 Å². The van der Waals surface area contributed by atoms with Gasteiger partial charge < -0.3 is 10.0 Å². The number of rotatable bonds is 9. The van der Waals surface area contributed by atoms with Crippen molar-refractivity contribution in [3.63, 3.8) is 0 Å². The van der Waals surface area contributed by atoms with Gasteiger partial charge >= 0.3 is 0 Å². The zero-order valence-electron chi connectivity index (χ0n) is 13.7. The molecule has 0 amide bonds. The quantitative estimate of drug-likeness (QED) is 0.711. The third-order valence-corrected chi connectivity index (χ3v) is 5.42. The van der Waals surface area contributed by atoms with E-state index in [0.29, 0.717) is 5.75 Å². The van der Waals surface area contributed by atoms with Gasteiger partial charge in [0.25, 0.3) is 0 Å². The molecule has 0 saturated carbocycles. The first kappa shape index (κ1) is 18.3. The lowest BCUT2D eigenvalue weighted by Crippen LogP contribution is -2.21. The SMILES string of the molecule is CCCCC[C@@H](O)C[S@](=O)c1ccccc1[C@@H](C)N(C)C. The number of nitrogens with zero attached hydrogens (tertiary/aromatic N) is 1. The van der Waals surface area contributed by atoms with Gasteiger partial charge in [0.1, 0.15) is 0 Å². The van der Waals surface area contributed by atoms with Crippen molar-refractivity contribution in [3.8, 4) is 0 Å². The summed E-state index contributed by atoms with van der Waals surface area (Å²) in [6.07, 6.45) is 3.53. The average Bonchev–Trinajstić information content (AvgIpc) is 2.46. The van der Waals surface area contributed by atoms with Crippen LogP contribution in [0.15, 0.2) is 29.2 Å². The lowest BCUT2D eigenvalue weighted by Gasteiger charge is -2.23. The predicted octanol–water partition coefficient (Wildman–Crippen LogP) is 3.36. The molecule has 0 unspecified atom stereocenters. The Kier molecular flexibility index (Phi) is 8.15. The zero-order chi connectivity index (χ0) is 15.8. The molecule has 120 valence electrons. The molecule has 1 aromatic rings. The van der Waals surface area contributed by atoms with Crippen LogP contribution in [0.5, 0.6) is 0 Å². The molecule has 0 aliphatic rings. The summed E-state index contributed by atoms with van der Waals surface area (Å²) >= 11 is 0. The fourth-order valence-electron chi connectivity index (χ4n) is 2.29. The first-order valence-electron chi connectivity index (χ1n) is 7.79. The van der Waals surface area contributed by atoms with Crippen LogP contribution in [0.4, 0.5) is 0 Å². The van der Waals surface area contributed by atoms with Crippen LogP contribution in [-0.4, -0.2) is 40.2 Å². The van der Waals surface area contributed by atoms with E-state index in [-0.39, 0.29) is 6.04 Å². The van der Waals surface area contributed by atoms with Crippen molar-refractivity contribution in [1.82, 2.24) is 4.90 Å². The molecule has 3 atom stereocenters. The van der Waals surface area contributed by atoms with Crippen LogP contribution in [-0.2, 0) is 10.8 Å². The molecule has 0 saturated heterocycles. The van der Waals surface area contributed by atoms with Crippen LogP contribution < -0.4 is 0 Å². The zero-order valence-corrected chi connectivity index (χ0v) is 14.5. The lowest BCUT2D eigenvalue weighted by atomic mass is 10.1. The van der Waals surface area contributed by atoms with Gasteiger partial charge in [0.15, 0.2) is 0 Å². The minimum absolute atomic E-state index is 0.211. The molecule has 1 aromatic carbocycles. The van der Waals surface area contributed by atoms with Gasteiger partial charge in [0.2, 0.25) is 0 Å². The summed E-state index contributed by atoms with van der Waals surface area (Å²) in [5, 5.41) is 10.0. The van der Waals surface area contributed by atoms with E-state index in [0.717, 1.165) is 36.1 Å². The van der Waals surface area contributed by atoms with E-state index in [4.69, 9.17) is 0 Å². The fraction of sp³-hybridized carbons (Fsp3) is 0.647. The van der Waals surface area contributed by atoms with Gasteiger partial charge in [-0.05, 0) is 39.1 Å². The molecule has 0 heterocycles. The molecule has 0 radical (unpaired) electrons. The Morgan fingerprint density at radius 1 is 1.24 bits per heavy atom. The smallest absolute Gasteiger partial charge is 0.0659 e. The average molecular weight is 311 g/mol. The van der Waals surface area contributed by atoms with Gasteiger partial charge in [-0.1, -0.05) is 44.4 Å². The molecular formula is C17H29NO2S. The van der Waals surface area contributed by atoms with Gasteiger partial charge in [0.05, 0.1) is 22.7 Å². The summed E-state index contributed by atoms with van der Waals surface area (Å²) in [5.74, 6) is 0.334. The first-order chi connectivity index (χ1) is 9.97. The van der Waals surface area contributed by atoms with Gasteiger partial charge in [-0.25, -0.2) is 0 Å². The van der Waals surface area contributed by atoms with E-state index in [2.05, 4.69) is 18.7 Å². The Hall–Kier alpha value is -0.710. The van der Waals surface area contributed by atoms with E-state index < -0.39 is 16.9 Å². The second-order valence-electron chi connectivity index (χ2n) is 5.84. The number of unbranched alkanes of at least 4 members (excludes halogenated alkanes) is 2. The van der Waals surface area contributed by atoms with Gasteiger partial charge in [-0.2, -0.15) is 0 Å². The van der Waals surface area contributed by atoms with Crippen LogP contribution in [0.1, 0.15) is 51.1 Å². The van der Waals surface area contributed by atoms with E-state index in [9.17, 15) is 9.32 Å². The highest BCUT2D eigenvalue weighted by atomic mass is 32.2. The molecule has 0 aliphatic heterocycles. The molecule has 4 heteroatoms. The number of aliphatic hydroxyl groups excluding tert-OH is 1. The van der Waals surface area contributed by atoms with Crippen LogP contribution in [0.2, 0.25) is 0 Å². The van der Waals surface area contributed by atoms with Crippen molar-refractivity contribution in [2.24, 2.45) is 0 Å². The molecular weight excluding hydrogens is 282 g/mol. The van der Waals surface area contributed by atoms with Crippen molar-refractivity contribution >= 4 is 10.8 Å². The predicted molar refractivity (Wildman–Crippen MR) is 90.0 cm³/mol. The maximum atomic E-state index is 12.6. The first-order valence-corrected chi connectivity index (χ1v) is 9.11. The highest BCUT2D eigenvalue weighted by Crippen LogP contribution is 2.24. The summed E-state index contributed by atoms with van der Waals surface area (Å²) in [7, 11) is 2.89. The van der Waals surface area contributed by atoms with Gasteiger partial charge in [0, 0.05) is 10.9 Å². The maximum absolute atomic E-state index is 12.6. The van der Waals surface area contributed by atoms with Crippen molar-refractivity contribution in [2.45, 2.75) is 56.6 Å². The molecule has 0 bridgehead atoms. The minimum Gasteiger partial charge on any atom is -0.392 e. The highest BCUT2D eigenvalue weighted by Gasteiger charge is 2.18. The highest BCUT2D eigenvalue weighted by molar-refractivity contribution is 7.85. The van der Waals surface area contributed by atoms with Crippen molar-refractivity contribution in [1.29, 1.82) is 0 Å². The van der Waals surface area contributed by atoms with Crippen LogP contribution in [0, 0.1) is 0 Å². The van der Waals surface area contributed by atoms with Crippen LogP contribution >= 0.6 is 0 Å². The van der Waals surface area contributed by atoms with E-state index in [1.807, 2.05) is 38.4 Å². The second-order valence-corrected chi connectivity index (χ2v) is 7.30. The third-order valence-electron chi connectivity index (χ3n) is 3.87. The lowest BCUT2D eigenvalue weighted by molar-refractivity contribution is 0.184. The molecule has 1 rings (SSSR count). The van der Waals surface area contributed by atoms with E-state index >= 15 is 0 Å². The maximum Gasteiger partial charge on any atom is 0.0659 e.